The largest absolute Gasteiger partial charge is 0.324 e. The van der Waals surface area contributed by atoms with E-state index in [2.05, 4.69) is 20.6 Å². The van der Waals surface area contributed by atoms with Crippen molar-refractivity contribution in [3.05, 3.63) is 78.9 Å². The number of rotatable bonds is 3. The Morgan fingerprint density at radius 1 is 0.962 bits per heavy atom. The lowest BCUT2D eigenvalue weighted by Crippen LogP contribution is -2.20. The standard InChI is InChI=1S/C19H14FN5O/c20-14-9-7-13(8-10-14)16-17(25-12-4-11-21-18(25)23-16)24-19(26)22-15-5-2-1-3-6-15/h1-12H,(H2,22,24,26). The number of carbonyl (C=O) groups is 1. The second-order valence-electron chi connectivity index (χ2n) is 5.55. The SMILES string of the molecule is O=C(Nc1ccccc1)Nc1c(-c2ccc(F)cc2)nc2ncccn12. The van der Waals surface area contributed by atoms with Crippen molar-refractivity contribution >= 4 is 23.3 Å². The van der Waals surface area contributed by atoms with Gasteiger partial charge in [-0.05, 0) is 42.5 Å². The number of hydrogen-bond acceptors (Lipinski definition) is 3. The van der Waals surface area contributed by atoms with Gasteiger partial charge in [0, 0.05) is 23.6 Å². The Bertz CT molecular complexity index is 1060. The van der Waals surface area contributed by atoms with Crippen molar-refractivity contribution in [3.63, 3.8) is 0 Å². The van der Waals surface area contributed by atoms with Gasteiger partial charge in [0.15, 0.2) is 0 Å². The molecule has 0 radical (unpaired) electrons. The molecular weight excluding hydrogens is 333 g/mol. The number of imidazole rings is 1. The van der Waals surface area contributed by atoms with Crippen molar-refractivity contribution < 1.29 is 9.18 Å². The summed E-state index contributed by atoms with van der Waals surface area (Å²) in [5.74, 6) is 0.543. The molecule has 2 aromatic carbocycles. The van der Waals surface area contributed by atoms with Crippen LogP contribution in [0.1, 0.15) is 0 Å². The third-order valence-corrected chi connectivity index (χ3v) is 3.78. The predicted molar refractivity (Wildman–Crippen MR) is 97.5 cm³/mol. The molecule has 0 fully saturated rings. The summed E-state index contributed by atoms with van der Waals surface area (Å²) in [4.78, 5) is 21.1. The second kappa shape index (κ2) is 6.64. The molecule has 0 aliphatic rings. The number of hydrogen-bond donors (Lipinski definition) is 2. The molecule has 0 saturated heterocycles. The Morgan fingerprint density at radius 2 is 1.73 bits per heavy atom. The zero-order valence-corrected chi connectivity index (χ0v) is 13.6. The fourth-order valence-corrected chi connectivity index (χ4v) is 2.61. The summed E-state index contributed by atoms with van der Waals surface area (Å²) in [5.41, 5.74) is 1.85. The molecule has 7 heteroatoms. The van der Waals surface area contributed by atoms with E-state index in [4.69, 9.17) is 0 Å². The Kier molecular flexibility index (Phi) is 4.03. The van der Waals surface area contributed by atoms with E-state index in [-0.39, 0.29) is 5.82 Å². The van der Waals surface area contributed by atoms with Gasteiger partial charge in [0.1, 0.15) is 17.3 Å². The molecule has 6 nitrogen and oxygen atoms in total. The van der Waals surface area contributed by atoms with E-state index in [9.17, 15) is 9.18 Å². The van der Waals surface area contributed by atoms with Crippen LogP contribution in [0.15, 0.2) is 73.1 Å². The van der Waals surface area contributed by atoms with Crippen LogP contribution in [0.25, 0.3) is 17.0 Å². The van der Waals surface area contributed by atoms with Gasteiger partial charge in [-0.3, -0.25) is 9.72 Å². The first-order valence-electron chi connectivity index (χ1n) is 7.93. The maximum Gasteiger partial charge on any atom is 0.324 e. The van der Waals surface area contributed by atoms with E-state index >= 15 is 0 Å². The summed E-state index contributed by atoms with van der Waals surface area (Å²) in [5, 5.41) is 5.57. The van der Waals surface area contributed by atoms with E-state index < -0.39 is 6.03 Å². The number of amides is 2. The smallest absolute Gasteiger partial charge is 0.308 e. The summed E-state index contributed by atoms with van der Waals surface area (Å²) in [6.45, 7) is 0. The number of fused-ring (bicyclic) bond motifs is 1. The summed E-state index contributed by atoms with van der Waals surface area (Å²) in [7, 11) is 0. The fourth-order valence-electron chi connectivity index (χ4n) is 2.61. The van der Waals surface area contributed by atoms with Gasteiger partial charge in [0.25, 0.3) is 0 Å². The quantitative estimate of drug-likeness (QED) is 0.584. The highest BCUT2D eigenvalue weighted by Gasteiger charge is 2.17. The van der Waals surface area contributed by atoms with Gasteiger partial charge in [-0.1, -0.05) is 18.2 Å². The number of halogens is 1. The van der Waals surface area contributed by atoms with Crippen molar-refractivity contribution in [3.8, 4) is 11.3 Å². The summed E-state index contributed by atoms with van der Waals surface area (Å²) in [6, 6.07) is 16.3. The van der Waals surface area contributed by atoms with E-state index in [0.717, 1.165) is 0 Å². The second-order valence-corrected chi connectivity index (χ2v) is 5.55. The molecule has 4 aromatic rings. The lowest BCUT2D eigenvalue weighted by atomic mass is 10.1. The van der Waals surface area contributed by atoms with Crippen molar-refractivity contribution in [2.45, 2.75) is 0 Å². The molecule has 2 heterocycles. The first-order valence-corrected chi connectivity index (χ1v) is 7.93. The molecule has 4 rings (SSSR count). The van der Waals surface area contributed by atoms with Crippen molar-refractivity contribution in [2.75, 3.05) is 10.6 Å². The van der Waals surface area contributed by atoms with Crippen LogP contribution in [0, 0.1) is 5.82 Å². The van der Waals surface area contributed by atoms with E-state index in [1.165, 1.54) is 12.1 Å². The van der Waals surface area contributed by atoms with Gasteiger partial charge in [0.2, 0.25) is 5.78 Å². The highest BCUT2D eigenvalue weighted by Crippen LogP contribution is 2.28. The third-order valence-electron chi connectivity index (χ3n) is 3.78. The molecule has 0 atom stereocenters. The fraction of sp³-hybridized carbons (Fsp3) is 0. The molecule has 2 aromatic heterocycles. The summed E-state index contributed by atoms with van der Waals surface area (Å²) < 4.78 is 14.9. The van der Waals surface area contributed by atoms with E-state index in [1.807, 2.05) is 18.2 Å². The summed E-state index contributed by atoms with van der Waals surface area (Å²) >= 11 is 0. The van der Waals surface area contributed by atoms with Gasteiger partial charge in [0.05, 0.1) is 0 Å². The molecule has 2 N–H and O–H groups in total. The van der Waals surface area contributed by atoms with Crippen LogP contribution >= 0.6 is 0 Å². The molecule has 0 spiro atoms. The average Bonchev–Trinajstić information content (AvgIpc) is 3.02. The van der Waals surface area contributed by atoms with Gasteiger partial charge in [-0.25, -0.2) is 19.2 Å². The van der Waals surface area contributed by atoms with Gasteiger partial charge < -0.3 is 5.32 Å². The predicted octanol–water partition coefficient (Wildman–Crippen LogP) is 4.18. The maximum atomic E-state index is 13.2. The molecule has 0 aliphatic carbocycles. The number of urea groups is 1. The minimum absolute atomic E-state index is 0.341. The van der Waals surface area contributed by atoms with E-state index in [1.54, 1.807) is 47.1 Å². The monoisotopic (exact) mass is 347 g/mol. The van der Waals surface area contributed by atoms with Crippen LogP contribution in [-0.2, 0) is 0 Å². The van der Waals surface area contributed by atoms with Crippen molar-refractivity contribution in [1.29, 1.82) is 0 Å². The molecule has 128 valence electrons. The number of nitrogens with one attached hydrogen (secondary N) is 2. The normalized spacial score (nSPS) is 10.7. The molecule has 0 bridgehead atoms. The summed E-state index contributed by atoms with van der Waals surface area (Å²) in [6.07, 6.45) is 3.37. The van der Waals surface area contributed by atoms with Crippen LogP contribution in [0.5, 0.6) is 0 Å². The lowest BCUT2D eigenvalue weighted by molar-refractivity contribution is 0.262. The molecular formula is C19H14FN5O. The molecule has 2 amide bonds. The van der Waals surface area contributed by atoms with Gasteiger partial charge in [-0.15, -0.1) is 0 Å². The number of aromatic nitrogens is 3. The first kappa shape index (κ1) is 15.8. The number of para-hydroxylation sites is 1. The Hall–Kier alpha value is -3.74. The minimum Gasteiger partial charge on any atom is -0.308 e. The Morgan fingerprint density at radius 3 is 2.50 bits per heavy atom. The zero-order valence-electron chi connectivity index (χ0n) is 13.6. The average molecular weight is 347 g/mol. The van der Waals surface area contributed by atoms with Crippen LogP contribution in [0.3, 0.4) is 0 Å². The zero-order chi connectivity index (χ0) is 17.9. The number of anilines is 2. The van der Waals surface area contributed by atoms with Crippen LogP contribution < -0.4 is 10.6 Å². The van der Waals surface area contributed by atoms with Crippen molar-refractivity contribution in [2.24, 2.45) is 0 Å². The Labute approximate surface area is 148 Å². The maximum absolute atomic E-state index is 13.2. The van der Waals surface area contributed by atoms with Crippen LogP contribution in [0.2, 0.25) is 0 Å². The highest BCUT2D eigenvalue weighted by atomic mass is 19.1. The van der Waals surface area contributed by atoms with Crippen LogP contribution in [0.4, 0.5) is 20.7 Å². The highest BCUT2D eigenvalue weighted by molar-refractivity contribution is 6.01. The number of nitrogens with zero attached hydrogens (tertiary/aromatic N) is 3. The van der Waals surface area contributed by atoms with Crippen molar-refractivity contribution in [1.82, 2.24) is 14.4 Å². The van der Waals surface area contributed by atoms with Gasteiger partial charge in [-0.2, -0.15) is 0 Å². The van der Waals surface area contributed by atoms with Crippen LogP contribution in [-0.4, -0.2) is 20.4 Å². The lowest BCUT2D eigenvalue weighted by Gasteiger charge is -2.09. The molecule has 0 unspecified atom stereocenters. The topological polar surface area (TPSA) is 71.3 Å². The van der Waals surface area contributed by atoms with E-state index in [0.29, 0.717) is 28.5 Å². The molecule has 26 heavy (non-hydrogen) atoms. The first-order chi connectivity index (χ1) is 12.7. The molecule has 0 saturated carbocycles. The Balaban J connectivity index is 1.72. The molecule has 0 aliphatic heterocycles. The number of benzene rings is 2. The van der Waals surface area contributed by atoms with Gasteiger partial charge >= 0.3 is 6.03 Å². The third kappa shape index (κ3) is 3.10. The minimum atomic E-state index is -0.412. The number of carbonyl (C=O) groups excluding carboxylic acids is 1.